The lowest BCUT2D eigenvalue weighted by molar-refractivity contribution is -0.123. The number of carbonyl (C=O) groups excluding carboxylic acids is 3. The average Bonchev–Trinajstić information content (AvgIpc) is 3.48. The monoisotopic (exact) mass is 458 g/mol. The Labute approximate surface area is 194 Å². The summed E-state index contributed by atoms with van der Waals surface area (Å²) in [6.07, 6.45) is 4.92. The smallest absolute Gasteiger partial charge is 0.259 e. The molecule has 1 heterocycles. The van der Waals surface area contributed by atoms with E-state index in [1.54, 1.807) is 24.3 Å². The van der Waals surface area contributed by atoms with Crippen molar-refractivity contribution in [3.8, 4) is 5.75 Å². The number of carbonyl (C=O) groups is 3. The van der Waals surface area contributed by atoms with E-state index in [9.17, 15) is 19.5 Å². The summed E-state index contributed by atoms with van der Waals surface area (Å²) in [5, 5.41) is 15.0. The molecule has 3 amide bonds. The van der Waals surface area contributed by atoms with Crippen LogP contribution in [-0.4, -0.2) is 22.8 Å². The van der Waals surface area contributed by atoms with Gasteiger partial charge in [0, 0.05) is 5.69 Å². The van der Waals surface area contributed by atoms with Crippen LogP contribution in [0, 0.1) is 23.7 Å². The largest absolute Gasteiger partial charge is 0.507 e. The van der Waals surface area contributed by atoms with Gasteiger partial charge in [0.2, 0.25) is 11.8 Å². The maximum absolute atomic E-state index is 13.2. The van der Waals surface area contributed by atoms with Crippen LogP contribution >= 0.6 is 11.6 Å². The van der Waals surface area contributed by atoms with Crippen LogP contribution < -0.4 is 10.2 Å². The van der Waals surface area contributed by atoms with Crippen molar-refractivity contribution in [1.29, 1.82) is 0 Å². The number of nitrogens with zero attached hydrogens (tertiary/aromatic N) is 1. The molecule has 0 radical (unpaired) electrons. The summed E-state index contributed by atoms with van der Waals surface area (Å²) in [6.45, 7) is 0. The van der Waals surface area contributed by atoms with Crippen molar-refractivity contribution in [2.24, 2.45) is 23.7 Å². The van der Waals surface area contributed by atoms with Crippen LogP contribution in [0.25, 0.3) is 10.8 Å². The van der Waals surface area contributed by atoms with Crippen LogP contribution in [0.2, 0.25) is 5.02 Å². The molecule has 6 nitrogen and oxygen atoms in total. The van der Waals surface area contributed by atoms with Crippen molar-refractivity contribution in [2.75, 3.05) is 10.2 Å². The second-order valence-electron chi connectivity index (χ2n) is 8.85. The first-order valence-corrected chi connectivity index (χ1v) is 11.2. The number of nitrogens with one attached hydrogen (secondary N) is 1. The summed E-state index contributed by atoms with van der Waals surface area (Å²) in [5.41, 5.74) is 0.752. The number of benzene rings is 3. The number of aromatic hydroxyl groups is 1. The van der Waals surface area contributed by atoms with Gasteiger partial charge in [-0.15, -0.1) is 0 Å². The van der Waals surface area contributed by atoms with Crippen LogP contribution in [0.4, 0.5) is 11.4 Å². The molecular formula is C26H19ClN2O4. The minimum absolute atomic E-state index is 0.0963. The second-order valence-corrected chi connectivity index (χ2v) is 9.26. The normalized spacial score (nSPS) is 25.2. The van der Waals surface area contributed by atoms with Crippen molar-refractivity contribution in [2.45, 2.75) is 6.42 Å². The van der Waals surface area contributed by atoms with Gasteiger partial charge in [0.25, 0.3) is 5.91 Å². The highest BCUT2D eigenvalue weighted by molar-refractivity contribution is 6.36. The number of allylic oxidation sites excluding steroid dienone is 2. The molecule has 0 aromatic heterocycles. The van der Waals surface area contributed by atoms with E-state index in [0.717, 1.165) is 17.2 Å². The van der Waals surface area contributed by atoms with E-state index in [2.05, 4.69) is 5.32 Å². The molecule has 3 aromatic rings. The lowest BCUT2D eigenvalue weighted by Crippen LogP contribution is -2.33. The maximum atomic E-state index is 13.2. The molecule has 3 aliphatic rings. The van der Waals surface area contributed by atoms with Gasteiger partial charge in [-0.1, -0.05) is 48.0 Å². The molecule has 1 aliphatic heterocycles. The van der Waals surface area contributed by atoms with Gasteiger partial charge in [-0.3, -0.25) is 14.4 Å². The zero-order chi connectivity index (χ0) is 22.9. The maximum Gasteiger partial charge on any atom is 0.259 e. The summed E-state index contributed by atoms with van der Waals surface area (Å²) >= 11 is 6.38. The lowest BCUT2D eigenvalue weighted by Gasteiger charge is -2.19. The molecule has 2 aliphatic carbocycles. The zero-order valence-electron chi connectivity index (χ0n) is 17.4. The number of imide groups is 1. The number of halogens is 1. The number of anilines is 2. The Balaban J connectivity index is 1.31. The molecule has 1 saturated carbocycles. The first kappa shape index (κ1) is 20.0. The molecule has 33 heavy (non-hydrogen) atoms. The first-order chi connectivity index (χ1) is 15.9. The van der Waals surface area contributed by atoms with Crippen molar-refractivity contribution in [3.05, 3.63) is 77.3 Å². The van der Waals surface area contributed by atoms with Crippen LogP contribution in [0.15, 0.2) is 66.7 Å². The number of hydrogen-bond acceptors (Lipinski definition) is 4. The number of hydrogen-bond donors (Lipinski definition) is 2. The number of rotatable bonds is 3. The average molecular weight is 459 g/mol. The van der Waals surface area contributed by atoms with E-state index in [1.807, 2.05) is 36.4 Å². The van der Waals surface area contributed by atoms with Crippen LogP contribution in [0.3, 0.4) is 0 Å². The van der Waals surface area contributed by atoms with Gasteiger partial charge in [0.15, 0.2) is 0 Å². The quantitative estimate of drug-likeness (QED) is 0.437. The lowest BCUT2D eigenvalue weighted by atomic mass is 9.85. The number of amides is 3. The molecule has 1 saturated heterocycles. The standard InChI is InChI=1S/C26H19ClN2O4/c27-19-8-7-17(28-24(31)18-10-13-3-1-2-4-14(13)11-21(18)30)12-20(19)29-25(32)22-15-5-6-16(9-15)23(22)26(29)33/h1-8,10-12,15-16,22-23,30H,9H2,(H,28,31)/t15-,16-,22-,23-/m0/s1. The van der Waals surface area contributed by atoms with Crippen LogP contribution in [0.1, 0.15) is 16.8 Å². The van der Waals surface area contributed by atoms with E-state index < -0.39 is 5.91 Å². The number of fused-ring (bicyclic) bond motifs is 6. The van der Waals surface area contributed by atoms with Gasteiger partial charge in [0.05, 0.1) is 28.1 Å². The molecule has 0 unspecified atom stereocenters. The fourth-order valence-corrected chi connectivity index (χ4v) is 5.71. The summed E-state index contributed by atoms with van der Waals surface area (Å²) in [7, 11) is 0. The molecule has 4 atom stereocenters. The minimum atomic E-state index is -0.510. The third kappa shape index (κ3) is 2.98. The summed E-state index contributed by atoms with van der Waals surface area (Å²) in [4.78, 5) is 40.4. The molecule has 0 spiro atoms. The van der Waals surface area contributed by atoms with Crippen molar-refractivity contribution < 1.29 is 19.5 Å². The van der Waals surface area contributed by atoms with Crippen molar-refractivity contribution in [1.82, 2.24) is 0 Å². The van der Waals surface area contributed by atoms with E-state index in [1.165, 1.54) is 11.0 Å². The number of phenols is 1. The Morgan fingerprint density at radius 1 is 0.939 bits per heavy atom. The Kier molecular flexibility index (Phi) is 4.35. The SMILES string of the molecule is O=C(Nc1ccc(Cl)c(N2C(=O)[C@@H]3[C@@H](C2=O)[C@H]2C=C[C@H]3C2)c1)c1cc2ccccc2cc1O. The highest BCUT2D eigenvalue weighted by Crippen LogP contribution is 2.53. The molecule has 6 rings (SSSR count). The predicted molar refractivity (Wildman–Crippen MR) is 125 cm³/mol. The molecule has 7 heteroatoms. The minimum Gasteiger partial charge on any atom is -0.507 e. The third-order valence-corrected chi connectivity index (χ3v) is 7.34. The summed E-state index contributed by atoms with van der Waals surface area (Å²) < 4.78 is 0. The van der Waals surface area contributed by atoms with E-state index in [4.69, 9.17) is 11.6 Å². The Bertz CT molecular complexity index is 1370. The highest BCUT2D eigenvalue weighted by atomic mass is 35.5. The topological polar surface area (TPSA) is 86.7 Å². The van der Waals surface area contributed by atoms with E-state index in [-0.39, 0.29) is 57.5 Å². The van der Waals surface area contributed by atoms with Gasteiger partial charge < -0.3 is 10.4 Å². The van der Waals surface area contributed by atoms with Crippen molar-refractivity contribution >= 4 is 51.5 Å². The van der Waals surface area contributed by atoms with Crippen molar-refractivity contribution in [3.63, 3.8) is 0 Å². The van der Waals surface area contributed by atoms with E-state index in [0.29, 0.717) is 5.69 Å². The van der Waals surface area contributed by atoms with Gasteiger partial charge >= 0.3 is 0 Å². The third-order valence-electron chi connectivity index (χ3n) is 7.02. The molecular weight excluding hydrogens is 440 g/mol. The van der Waals surface area contributed by atoms with Crippen LogP contribution in [0.5, 0.6) is 5.75 Å². The highest BCUT2D eigenvalue weighted by Gasteiger charge is 2.59. The van der Waals surface area contributed by atoms with Gasteiger partial charge in [-0.2, -0.15) is 0 Å². The Morgan fingerprint density at radius 3 is 2.24 bits per heavy atom. The Hall–Kier alpha value is -3.64. The summed E-state index contributed by atoms with van der Waals surface area (Å²) in [6, 6.07) is 15.3. The van der Waals surface area contributed by atoms with Gasteiger partial charge in [-0.25, -0.2) is 4.90 Å². The molecule has 2 bridgehead atoms. The second kappa shape index (κ2) is 7.18. The first-order valence-electron chi connectivity index (χ1n) is 10.8. The Morgan fingerprint density at radius 2 is 1.58 bits per heavy atom. The fourth-order valence-electron chi connectivity index (χ4n) is 5.51. The number of phenolic OH excluding ortho intramolecular Hbond substituents is 1. The fraction of sp³-hybridized carbons (Fsp3) is 0.192. The molecule has 2 N–H and O–H groups in total. The molecule has 3 aromatic carbocycles. The van der Waals surface area contributed by atoms with E-state index >= 15 is 0 Å². The van der Waals surface area contributed by atoms with Gasteiger partial charge in [0.1, 0.15) is 5.75 Å². The van der Waals surface area contributed by atoms with Gasteiger partial charge in [-0.05, 0) is 59.4 Å². The molecule has 2 fully saturated rings. The predicted octanol–water partition coefficient (Wildman–Crippen LogP) is 4.76. The summed E-state index contributed by atoms with van der Waals surface area (Å²) in [5.74, 6) is -1.60. The van der Waals surface area contributed by atoms with Crippen LogP contribution in [-0.2, 0) is 9.59 Å². The zero-order valence-corrected chi connectivity index (χ0v) is 18.1. The molecule has 164 valence electrons.